The Kier molecular flexibility index (Phi) is 4.18. The van der Waals surface area contributed by atoms with Gasteiger partial charge in [-0.05, 0) is 24.1 Å². The molecule has 2 aromatic rings. The maximum Gasteiger partial charge on any atom is 0.206 e. The van der Waals surface area contributed by atoms with E-state index in [4.69, 9.17) is 0 Å². The minimum Gasteiger partial charge on any atom is -0.293 e. The van der Waals surface area contributed by atoms with Crippen LogP contribution in [0, 0.1) is 5.82 Å². The molecule has 0 bridgehead atoms. The number of carbonyl (C=O) groups is 1. The number of hydrogen-bond acceptors (Lipinski definition) is 1. The third-order valence-corrected chi connectivity index (χ3v) is 2.74. The first-order valence-corrected chi connectivity index (χ1v) is 5.94. The van der Waals surface area contributed by atoms with Crippen molar-refractivity contribution in [3.63, 3.8) is 0 Å². The minimum absolute atomic E-state index is 0.176. The average molecular weight is 244 g/mol. The van der Waals surface area contributed by atoms with Crippen LogP contribution in [0.15, 0.2) is 54.9 Å². The molecule has 92 valence electrons. The second-order valence-corrected chi connectivity index (χ2v) is 4.21. The largest absolute Gasteiger partial charge is 0.293 e. The zero-order valence-corrected chi connectivity index (χ0v) is 10.1. The van der Waals surface area contributed by atoms with E-state index in [0.717, 1.165) is 5.56 Å². The van der Waals surface area contributed by atoms with Gasteiger partial charge in [-0.25, -0.2) is 4.39 Å². The lowest BCUT2D eigenvalue weighted by molar-refractivity contribution is -0.684. The van der Waals surface area contributed by atoms with Crippen molar-refractivity contribution in [3.05, 3.63) is 66.2 Å². The SMILES string of the molecule is O=C(CCc1ccc(F)cc1)C[n+]1ccccc1. The van der Waals surface area contributed by atoms with Gasteiger partial charge in [-0.3, -0.25) is 4.79 Å². The molecule has 1 aromatic heterocycles. The maximum absolute atomic E-state index is 12.7. The first-order valence-electron chi connectivity index (χ1n) is 5.94. The van der Waals surface area contributed by atoms with Gasteiger partial charge in [-0.15, -0.1) is 0 Å². The van der Waals surface area contributed by atoms with Crippen LogP contribution in [0.3, 0.4) is 0 Å². The van der Waals surface area contributed by atoms with Crippen molar-refractivity contribution in [2.75, 3.05) is 0 Å². The topological polar surface area (TPSA) is 20.9 Å². The minimum atomic E-state index is -0.245. The molecule has 1 heterocycles. The number of benzene rings is 1. The molecule has 2 rings (SSSR count). The Morgan fingerprint density at radius 3 is 2.39 bits per heavy atom. The van der Waals surface area contributed by atoms with Gasteiger partial charge in [0.2, 0.25) is 6.54 Å². The Bertz CT molecular complexity index is 508. The molecule has 0 aliphatic heterocycles. The summed E-state index contributed by atoms with van der Waals surface area (Å²) in [6.45, 7) is 0.391. The number of rotatable bonds is 5. The summed E-state index contributed by atoms with van der Waals surface area (Å²) in [6, 6.07) is 12.0. The van der Waals surface area contributed by atoms with Crippen molar-refractivity contribution in [1.29, 1.82) is 0 Å². The van der Waals surface area contributed by atoms with Gasteiger partial charge in [0, 0.05) is 18.6 Å². The number of pyridine rings is 1. The second kappa shape index (κ2) is 6.05. The first kappa shape index (κ1) is 12.4. The fraction of sp³-hybridized carbons (Fsp3) is 0.200. The van der Waals surface area contributed by atoms with E-state index in [1.54, 1.807) is 12.1 Å². The van der Waals surface area contributed by atoms with Crippen LogP contribution < -0.4 is 4.57 Å². The number of aromatic nitrogens is 1. The lowest BCUT2D eigenvalue weighted by atomic mass is 10.1. The quantitative estimate of drug-likeness (QED) is 0.739. The van der Waals surface area contributed by atoms with Gasteiger partial charge >= 0.3 is 0 Å². The van der Waals surface area contributed by atoms with Crippen molar-refractivity contribution in [3.8, 4) is 0 Å². The predicted octanol–water partition coefficient (Wildman–Crippen LogP) is 2.32. The Morgan fingerprint density at radius 2 is 1.72 bits per heavy atom. The summed E-state index contributed by atoms with van der Waals surface area (Å²) >= 11 is 0. The van der Waals surface area contributed by atoms with Crippen LogP contribution in [0.1, 0.15) is 12.0 Å². The van der Waals surface area contributed by atoms with E-state index in [9.17, 15) is 9.18 Å². The van der Waals surface area contributed by atoms with Crippen molar-refractivity contribution < 1.29 is 13.8 Å². The molecule has 0 saturated carbocycles. The molecule has 0 unspecified atom stereocenters. The molecule has 0 aliphatic carbocycles. The van der Waals surface area contributed by atoms with E-state index in [1.165, 1.54) is 12.1 Å². The molecule has 0 spiro atoms. The van der Waals surface area contributed by atoms with E-state index < -0.39 is 0 Å². The van der Waals surface area contributed by atoms with Crippen LogP contribution in [0.2, 0.25) is 0 Å². The fourth-order valence-electron chi connectivity index (χ4n) is 1.76. The molecular formula is C15H15FNO+. The average Bonchev–Trinajstić information content (AvgIpc) is 2.39. The molecule has 0 N–H and O–H groups in total. The smallest absolute Gasteiger partial charge is 0.206 e. The Morgan fingerprint density at radius 1 is 1.06 bits per heavy atom. The van der Waals surface area contributed by atoms with Crippen LogP contribution in [0.25, 0.3) is 0 Å². The molecule has 0 radical (unpaired) electrons. The predicted molar refractivity (Wildman–Crippen MR) is 66.4 cm³/mol. The summed E-state index contributed by atoms with van der Waals surface area (Å²) in [7, 11) is 0. The van der Waals surface area contributed by atoms with Crippen LogP contribution in [0.4, 0.5) is 4.39 Å². The fourth-order valence-corrected chi connectivity index (χ4v) is 1.76. The molecule has 2 nitrogen and oxygen atoms in total. The zero-order chi connectivity index (χ0) is 12.8. The van der Waals surface area contributed by atoms with Crippen molar-refractivity contribution in [2.45, 2.75) is 19.4 Å². The number of carbonyl (C=O) groups excluding carboxylic acids is 1. The molecule has 0 fully saturated rings. The summed E-state index contributed by atoms with van der Waals surface area (Å²) in [5.41, 5.74) is 0.989. The van der Waals surface area contributed by atoms with Gasteiger partial charge in [0.15, 0.2) is 18.2 Å². The molecule has 0 aliphatic rings. The van der Waals surface area contributed by atoms with Gasteiger partial charge in [0.05, 0.1) is 0 Å². The van der Waals surface area contributed by atoms with Gasteiger partial charge in [0.1, 0.15) is 5.82 Å². The van der Waals surface area contributed by atoms with E-state index >= 15 is 0 Å². The summed E-state index contributed by atoms with van der Waals surface area (Å²) in [6.07, 6.45) is 4.88. The molecule has 18 heavy (non-hydrogen) atoms. The normalized spacial score (nSPS) is 10.3. The van der Waals surface area contributed by atoms with E-state index in [0.29, 0.717) is 19.4 Å². The van der Waals surface area contributed by atoms with Crippen LogP contribution in [-0.4, -0.2) is 5.78 Å². The summed E-state index contributed by atoms with van der Waals surface area (Å²) in [5.74, 6) is -0.0690. The maximum atomic E-state index is 12.7. The summed E-state index contributed by atoms with van der Waals surface area (Å²) in [5, 5.41) is 0. The second-order valence-electron chi connectivity index (χ2n) is 4.21. The lowest BCUT2D eigenvalue weighted by Crippen LogP contribution is -2.36. The molecule has 1 aromatic carbocycles. The Labute approximate surface area is 106 Å². The summed E-state index contributed by atoms with van der Waals surface area (Å²) in [4.78, 5) is 11.8. The summed E-state index contributed by atoms with van der Waals surface area (Å²) < 4.78 is 14.6. The standard InChI is InChI=1S/C15H15FNO/c16-14-7-4-13(5-8-14)6-9-15(18)12-17-10-2-1-3-11-17/h1-5,7-8,10-11H,6,9,12H2/q+1. The number of nitrogens with zero attached hydrogens (tertiary/aromatic N) is 1. The number of halogens is 1. The molecular weight excluding hydrogens is 229 g/mol. The van der Waals surface area contributed by atoms with Crippen LogP contribution >= 0.6 is 0 Å². The molecule has 0 saturated heterocycles. The third-order valence-electron chi connectivity index (χ3n) is 2.74. The highest BCUT2D eigenvalue weighted by Crippen LogP contribution is 2.05. The highest BCUT2D eigenvalue weighted by atomic mass is 19.1. The zero-order valence-electron chi connectivity index (χ0n) is 10.1. The van der Waals surface area contributed by atoms with Crippen molar-refractivity contribution in [2.24, 2.45) is 0 Å². The number of ketones is 1. The number of hydrogen-bond donors (Lipinski definition) is 0. The molecule has 0 atom stereocenters. The highest BCUT2D eigenvalue weighted by molar-refractivity contribution is 5.77. The molecule has 0 amide bonds. The lowest BCUT2D eigenvalue weighted by Gasteiger charge is -2.00. The van der Waals surface area contributed by atoms with Gasteiger partial charge in [-0.2, -0.15) is 4.57 Å². The van der Waals surface area contributed by atoms with E-state index in [-0.39, 0.29) is 11.6 Å². The number of Topliss-reactive ketones (excluding diaryl/α,β-unsaturated/α-hetero) is 1. The van der Waals surface area contributed by atoms with Crippen molar-refractivity contribution >= 4 is 5.78 Å². The number of aryl methyl sites for hydroxylation is 1. The highest BCUT2D eigenvalue weighted by Gasteiger charge is 2.08. The monoisotopic (exact) mass is 244 g/mol. The van der Waals surface area contributed by atoms with Crippen molar-refractivity contribution in [1.82, 2.24) is 0 Å². The van der Waals surface area contributed by atoms with Gasteiger partial charge < -0.3 is 0 Å². The van der Waals surface area contributed by atoms with Crippen LogP contribution in [-0.2, 0) is 17.8 Å². The third kappa shape index (κ3) is 3.77. The van der Waals surface area contributed by atoms with Crippen LogP contribution in [0.5, 0.6) is 0 Å². The molecule has 3 heteroatoms. The van der Waals surface area contributed by atoms with Gasteiger partial charge in [0.25, 0.3) is 0 Å². The van der Waals surface area contributed by atoms with Gasteiger partial charge in [-0.1, -0.05) is 18.2 Å². The van der Waals surface area contributed by atoms with E-state index in [2.05, 4.69) is 0 Å². The van der Waals surface area contributed by atoms with E-state index in [1.807, 2.05) is 35.2 Å². The first-order chi connectivity index (χ1) is 8.74. The Balaban J connectivity index is 1.83. The Hall–Kier alpha value is -2.03.